The fraction of sp³-hybridized carbons (Fsp3) is 0.350. The third-order valence-corrected chi connectivity index (χ3v) is 6.08. The Morgan fingerprint density at radius 3 is 2.66 bits per heavy atom. The van der Waals surface area contributed by atoms with Gasteiger partial charge in [0.1, 0.15) is 15.8 Å². The van der Waals surface area contributed by atoms with E-state index in [0.29, 0.717) is 32.3 Å². The predicted molar refractivity (Wildman–Crippen MR) is 108 cm³/mol. The van der Waals surface area contributed by atoms with Crippen LogP contribution in [0, 0.1) is 23.0 Å². The Labute approximate surface area is 171 Å². The summed E-state index contributed by atoms with van der Waals surface area (Å²) in [5, 5.41) is 11.9. The average molecular weight is 416 g/mol. The number of nitro groups is 1. The van der Waals surface area contributed by atoms with Gasteiger partial charge in [0.2, 0.25) is 0 Å². The molecule has 1 aromatic heterocycles. The van der Waals surface area contributed by atoms with E-state index >= 15 is 0 Å². The van der Waals surface area contributed by atoms with Gasteiger partial charge in [-0.1, -0.05) is 12.1 Å². The largest absolute Gasteiger partial charge is 0.468 e. The number of carbonyl (C=O) groups excluding carboxylic acids is 2. The second-order valence-corrected chi connectivity index (χ2v) is 7.58. The molecule has 0 aliphatic carbocycles. The number of aliphatic imine (C=N–C) groups is 1. The second kappa shape index (κ2) is 8.12. The van der Waals surface area contributed by atoms with Crippen LogP contribution >= 0.6 is 11.3 Å². The van der Waals surface area contributed by atoms with Crippen LogP contribution in [-0.2, 0) is 14.3 Å². The van der Waals surface area contributed by atoms with E-state index in [1.165, 1.54) is 30.6 Å². The van der Waals surface area contributed by atoms with Crippen LogP contribution in [0.2, 0.25) is 0 Å². The summed E-state index contributed by atoms with van der Waals surface area (Å²) in [7, 11) is 1.29. The lowest BCUT2D eigenvalue weighted by atomic mass is 9.76. The summed E-state index contributed by atoms with van der Waals surface area (Å²) in [5.74, 6) is -2.26. The zero-order valence-corrected chi connectivity index (χ0v) is 17.2. The maximum absolute atomic E-state index is 12.6. The van der Waals surface area contributed by atoms with E-state index in [-0.39, 0.29) is 12.3 Å². The maximum atomic E-state index is 12.6. The van der Waals surface area contributed by atoms with E-state index in [1.54, 1.807) is 32.9 Å². The molecule has 29 heavy (non-hydrogen) atoms. The molecule has 0 fully saturated rings. The number of fused-ring (bicyclic) bond motifs is 1. The van der Waals surface area contributed by atoms with Crippen molar-refractivity contribution in [3.63, 3.8) is 0 Å². The fourth-order valence-corrected chi connectivity index (χ4v) is 4.79. The molecule has 0 N–H and O–H groups in total. The molecule has 3 rings (SSSR count). The molecular weight excluding hydrogens is 396 g/mol. The minimum atomic E-state index is -0.752. The summed E-state index contributed by atoms with van der Waals surface area (Å²) in [6.45, 7) is 5.45. The number of ether oxygens (including phenoxy) is 2. The molecule has 1 aromatic carbocycles. The number of benzene rings is 1. The minimum Gasteiger partial charge on any atom is -0.468 e. The molecule has 0 saturated heterocycles. The monoisotopic (exact) mass is 416 g/mol. The molecular formula is C20H20N2O6S. The third-order valence-electron chi connectivity index (χ3n) is 4.90. The second-order valence-electron chi connectivity index (χ2n) is 6.58. The molecule has 2 unspecified atom stereocenters. The summed E-state index contributed by atoms with van der Waals surface area (Å²) in [6.07, 6.45) is 0. The number of hydrogen-bond donors (Lipinski definition) is 0. The number of hydrogen-bond acceptors (Lipinski definition) is 8. The zero-order chi connectivity index (χ0) is 21.3. The molecule has 0 bridgehead atoms. The molecule has 0 amide bonds. The number of non-ortho nitro benzene ring substituents is 1. The Balaban J connectivity index is 2.25. The van der Waals surface area contributed by atoms with Crippen molar-refractivity contribution in [2.45, 2.75) is 26.7 Å². The van der Waals surface area contributed by atoms with Crippen LogP contribution in [0.4, 0.5) is 10.7 Å². The Hall–Kier alpha value is -3.07. The van der Waals surface area contributed by atoms with E-state index in [9.17, 15) is 19.7 Å². The van der Waals surface area contributed by atoms with Gasteiger partial charge in [-0.25, -0.2) is 9.79 Å². The number of rotatable bonds is 5. The van der Waals surface area contributed by atoms with Crippen LogP contribution in [0.5, 0.6) is 0 Å². The quantitative estimate of drug-likeness (QED) is 0.411. The highest BCUT2D eigenvalue weighted by atomic mass is 32.1. The van der Waals surface area contributed by atoms with Crippen molar-refractivity contribution >= 4 is 39.7 Å². The van der Waals surface area contributed by atoms with E-state index in [4.69, 9.17) is 9.47 Å². The molecule has 2 heterocycles. The third kappa shape index (κ3) is 3.65. The van der Waals surface area contributed by atoms with Crippen LogP contribution in [0.25, 0.3) is 0 Å². The van der Waals surface area contributed by atoms with Gasteiger partial charge in [-0.3, -0.25) is 14.9 Å². The van der Waals surface area contributed by atoms with E-state index in [2.05, 4.69) is 4.99 Å². The standard InChI is InChI=1S/C20H20N2O6S/c1-5-28-20(24)17-10(2)14-16(12-7-6-8-13(9-12)22(25)26)15(19(23)27-4)11(3)21-18(14)29-17/h6-9,15-16H,5H2,1-4H3. The van der Waals surface area contributed by atoms with Crippen LogP contribution in [0.3, 0.4) is 0 Å². The minimum absolute atomic E-state index is 0.0775. The number of nitrogens with zero attached hydrogens (tertiary/aromatic N) is 2. The Morgan fingerprint density at radius 2 is 2.03 bits per heavy atom. The van der Waals surface area contributed by atoms with Crippen molar-refractivity contribution in [3.05, 3.63) is 55.9 Å². The van der Waals surface area contributed by atoms with Crippen LogP contribution in [0.15, 0.2) is 29.3 Å². The lowest BCUT2D eigenvalue weighted by Gasteiger charge is -2.29. The Bertz CT molecular complexity index is 1030. The fourth-order valence-electron chi connectivity index (χ4n) is 3.61. The molecule has 0 saturated carbocycles. The van der Waals surface area contributed by atoms with E-state index in [1.807, 2.05) is 0 Å². The van der Waals surface area contributed by atoms with Gasteiger partial charge < -0.3 is 9.47 Å². The topological polar surface area (TPSA) is 108 Å². The van der Waals surface area contributed by atoms with Crippen LogP contribution in [-0.4, -0.2) is 36.3 Å². The highest BCUT2D eigenvalue weighted by Gasteiger charge is 2.41. The molecule has 1 aliphatic heterocycles. The van der Waals surface area contributed by atoms with Gasteiger partial charge in [0.25, 0.3) is 5.69 Å². The molecule has 8 nitrogen and oxygen atoms in total. The Kier molecular flexibility index (Phi) is 5.78. The van der Waals surface area contributed by atoms with Gasteiger partial charge in [0, 0.05) is 29.3 Å². The van der Waals surface area contributed by atoms with Crippen molar-refractivity contribution in [1.82, 2.24) is 0 Å². The molecule has 152 valence electrons. The van der Waals surface area contributed by atoms with Gasteiger partial charge in [-0.2, -0.15) is 0 Å². The maximum Gasteiger partial charge on any atom is 0.348 e. The Morgan fingerprint density at radius 1 is 1.31 bits per heavy atom. The van der Waals surface area contributed by atoms with Gasteiger partial charge in [0.15, 0.2) is 0 Å². The molecule has 0 spiro atoms. The first kappa shape index (κ1) is 20.7. The first-order chi connectivity index (χ1) is 13.8. The molecule has 0 radical (unpaired) electrons. The molecule has 2 atom stereocenters. The van der Waals surface area contributed by atoms with Crippen molar-refractivity contribution < 1.29 is 24.0 Å². The summed E-state index contributed by atoms with van der Waals surface area (Å²) in [4.78, 5) is 40.8. The number of esters is 2. The molecule has 9 heteroatoms. The van der Waals surface area contributed by atoms with Crippen molar-refractivity contribution in [1.29, 1.82) is 0 Å². The first-order valence-electron chi connectivity index (χ1n) is 8.97. The number of nitro benzene ring substituents is 1. The van der Waals surface area contributed by atoms with E-state index < -0.39 is 28.7 Å². The zero-order valence-electron chi connectivity index (χ0n) is 16.4. The average Bonchev–Trinajstić information content (AvgIpc) is 3.02. The van der Waals surface area contributed by atoms with Gasteiger partial charge in [-0.05, 0) is 31.9 Å². The lowest BCUT2D eigenvalue weighted by Crippen LogP contribution is -2.32. The van der Waals surface area contributed by atoms with Crippen molar-refractivity contribution in [2.75, 3.05) is 13.7 Å². The van der Waals surface area contributed by atoms with Crippen LogP contribution < -0.4 is 0 Å². The van der Waals surface area contributed by atoms with Gasteiger partial charge in [-0.15, -0.1) is 11.3 Å². The first-order valence-corrected chi connectivity index (χ1v) is 9.79. The summed E-state index contributed by atoms with van der Waals surface area (Å²) >= 11 is 1.20. The molecule has 1 aliphatic rings. The summed E-state index contributed by atoms with van der Waals surface area (Å²) in [5.41, 5.74) is 2.38. The van der Waals surface area contributed by atoms with Gasteiger partial charge >= 0.3 is 11.9 Å². The SMILES string of the molecule is CCOC(=O)c1sc2c(c1C)C(c1cccc([N+](=O)[O-])c1)C(C(=O)OC)C(C)=N2. The predicted octanol–water partition coefficient (Wildman–Crippen LogP) is 4.17. The number of carbonyl (C=O) groups is 2. The van der Waals surface area contributed by atoms with Gasteiger partial charge in [0.05, 0.1) is 18.6 Å². The van der Waals surface area contributed by atoms with Crippen molar-refractivity contribution in [2.24, 2.45) is 10.9 Å². The number of methoxy groups -OCH3 is 1. The normalized spacial score (nSPS) is 17.9. The molecule has 2 aromatic rings. The lowest BCUT2D eigenvalue weighted by molar-refractivity contribution is -0.384. The smallest absolute Gasteiger partial charge is 0.348 e. The van der Waals surface area contributed by atoms with Crippen LogP contribution in [0.1, 0.15) is 46.1 Å². The summed E-state index contributed by atoms with van der Waals surface area (Å²) in [6, 6.07) is 6.16. The van der Waals surface area contributed by atoms with Crippen molar-refractivity contribution in [3.8, 4) is 0 Å². The highest BCUT2D eigenvalue weighted by Crippen LogP contribution is 2.49. The number of thiophene rings is 1. The van der Waals surface area contributed by atoms with E-state index in [0.717, 1.165) is 0 Å². The highest BCUT2D eigenvalue weighted by molar-refractivity contribution is 7.18. The summed E-state index contributed by atoms with van der Waals surface area (Å²) < 4.78 is 10.1.